The van der Waals surface area contributed by atoms with Gasteiger partial charge in [0.2, 0.25) is 0 Å². The SMILES string of the molecule is CCCNC(CCO)C(=O)O.CSCCC(N)C(=O)O. The molecule has 7 nitrogen and oxygen atoms in total. The van der Waals surface area contributed by atoms with Crippen molar-refractivity contribution in [1.29, 1.82) is 0 Å². The van der Waals surface area contributed by atoms with Gasteiger partial charge in [0.15, 0.2) is 0 Å². The first kappa shape index (κ1) is 21.5. The lowest BCUT2D eigenvalue weighted by molar-refractivity contribution is -0.140. The Hall–Kier alpha value is -0.830. The normalized spacial score (nSPS) is 13.0. The van der Waals surface area contributed by atoms with Crippen molar-refractivity contribution in [2.24, 2.45) is 5.73 Å². The molecule has 0 bridgehead atoms. The Kier molecular flexibility index (Phi) is 15.6. The fourth-order valence-corrected chi connectivity index (χ4v) is 1.62. The number of carbonyl (C=O) groups is 2. The Morgan fingerprint density at radius 1 is 1.25 bits per heavy atom. The minimum atomic E-state index is -0.913. The molecule has 0 aliphatic rings. The average molecular weight is 310 g/mol. The standard InChI is InChI=1S/C7H15NO3.C5H11NO2S/c1-2-4-8-6(3-5-9)7(10)11;1-9-3-2-4(6)5(7)8/h6,8-9H,2-5H2,1H3,(H,10,11);4H,2-3,6H2,1H3,(H,7,8). The van der Waals surface area contributed by atoms with Crippen LogP contribution in [0.4, 0.5) is 0 Å². The van der Waals surface area contributed by atoms with E-state index < -0.39 is 24.0 Å². The number of aliphatic hydroxyl groups is 1. The van der Waals surface area contributed by atoms with Crippen molar-refractivity contribution in [2.75, 3.05) is 25.2 Å². The summed E-state index contributed by atoms with van der Waals surface area (Å²) in [6.07, 6.45) is 3.65. The van der Waals surface area contributed by atoms with Gasteiger partial charge in [0, 0.05) is 6.61 Å². The van der Waals surface area contributed by atoms with E-state index in [-0.39, 0.29) is 13.0 Å². The molecular formula is C12H26N2O5S. The van der Waals surface area contributed by atoms with Crippen LogP contribution >= 0.6 is 11.8 Å². The van der Waals surface area contributed by atoms with Crippen LogP contribution in [0.3, 0.4) is 0 Å². The van der Waals surface area contributed by atoms with Gasteiger partial charge in [-0.15, -0.1) is 0 Å². The second-order valence-electron chi connectivity index (χ2n) is 4.08. The van der Waals surface area contributed by atoms with Crippen molar-refractivity contribution < 1.29 is 24.9 Å². The average Bonchev–Trinajstić information content (AvgIpc) is 2.41. The molecule has 0 aromatic carbocycles. The number of aliphatic hydroxyl groups excluding tert-OH is 1. The number of thioether (sulfide) groups is 1. The lowest BCUT2D eigenvalue weighted by Gasteiger charge is -2.11. The fraction of sp³-hybridized carbons (Fsp3) is 0.833. The predicted octanol–water partition coefficient (Wildman–Crippen LogP) is -0.0270. The van der Waals surface area contributed by atoms with Gasteiger partial charge in [-0.1, -0.05) is 6.92 Å². The van der Waals surface area contributed by atoms with Crippen LogP contribution < -0.4 is 11.1 Å². The van der Waals surface area contributed by atoms with Crippen LogP contribution in [0.25, 0.3) is 0 Å². The van der Waals surface area contributed by atoms with Gasteiger partial charge in [-0.05, 0) is 37.8 Å². The minimum absolute atomic E-state index is 0.0896. The highest BCUT2D eigenvalue weighted by molar-refractivity contribution is 7.98. The summed E-state index contributed by atoms with van der Waals surface area (Å²) in [5.41, 5.74) is 5.19. The van der Waals surface area contributed by atoms with E-state index in [9.17, 15) is 9.59 Å². The van der Waals surface area contributed by atoms with E-state index in [1.165, 1.54) is 0 Å². The molecule has 6 N–H and O–H groups in total. The molecule has 2 unspecified atom stereocenters. The summed E-state index contributed by atoms with van der Waals surface area (Å²) in [6.45, 7) is 2.55. The van der Waals surface area contributed by atoms with Crippen molar-refractivity contribution in [3.05, 3.63) is 0 Å². The van der Waals surface area contributed by atoms with E-state index in [4.69, 9.17) is 21.1 Å². The summed E-state index contributed by atoms with van der Waals surface area (Å²) in [4.78, 5) is 20.5. The molecule has 0 aromatic heterocycles. The van der Waals surface area contributed by atoms with Crippen molar-refractivity contribution in [2.45, 2.75) is 38.3 Å². The molecule has 0 saturated carbocycles. The Balaban J connectivity index is 0. The molecule has 0 spiro atoms. The molecule has 0 saturated heterocycles. The van der Waals surface area contributed by atoms with Crippen LogP contribution in [-0.2, 0) is 9.59 Å². The summed E-state index contributed by atoms with van der Waals surface area (Å²) in [6, 6.07) is -1.28. The van der Waals surface area contributed by atoms with Gasteiger partial charge in [-0.3, -0.25) is 9.59 Å². The van der Waals surface area contributed by atoms with E-state index in [1.807, 2.05) is 13.2 Å². The lowest BCUT2D eigenvalue weighted by atomic mass is 10.2. The zero-order chi connectivity index (χ0) is 16.0. The second kappa shape index (κ2) is 14.6. The Morgan fingerprint density at radius 3 is 2.20 bits per heavy atom. The number of carboxylic acids is 2. The van der Waals surface area contributed by atoms with Gasteiger partial charge in [0.1, 0.15) is 12.1 Å². The molecule has 0 aliphatic heterocycles. The number of hydrogen-bond donors (Lipinski definition) is 5. The third kappa shape index (κ3) is 13.6. The maximum atomic E-state index is 10.4. The summed E-state index contributed by atoms with van der Waals surface area (Å²) in [5.74, 6) is -0.996. The smallest absolute Gasteiger partial charge is 0.320 e. The van der Waals surface area contributed by atoms with Crippen LogP contribution in [0.5, 0.6) is 0 Å². The van der Waals surface area contributed by atoms with Gasteiger partial charge < -0.3 is 26.4 Å². The highest BCUT2D eigenvalue weighted by Crippen LogP contribution is 1.97. The van der Waals surface area contributed by atoms with E-state index in [0.29, 0.717) is 13.0 Å². The third-order valence-corrected chi connectivity index (χ3v) is 2.95. The number of hydrogen-bond acceptors (Lipinski definition) is 6. The first-order valence-corrected chi connectivity index (χ1v) is 7.84. The van der Waals surface area contributed by atoms with E-state index in [1.54, 1.807) is 11.8 Å². The maximum absolute atomic E-state index is 10.4. The number of carboxylic acid groups (broad SMARTS) is 2. The Bertz CT molecular complexity index is 266. The highest BCUT2D eigenvalue weighted by atomic mass is 32.2. The molecule has 0 fully saturated rings. The van der Waals surface area contributed by atoms with Gasteiger partial charge in [0.05, 0.1) is 0 Å². The van der Waals surface area contributed by atoms with Gasteiger partial charge in [-0.2, -0.15) is 11.8 Å². The van der Waals surface area contributed by atoms with Crippen LogP contribution in [0, 0.1) is 0 Å². The molecule has 0 amide bonds. The quantitative estimate of drug-likeness (QED) is 0.380. The van der Waals surface area contributed by atoms with E-state index >= 15 is 0 Å². The molecule has 0 aliphatic carbocycles. The minimum Gasteiger partial charge on any atom is -0.480 e. The third-order valence-electron chi connectivity index (χ3n) is 2.31. The summed E-state index contributed by atoms with van der Waals surface area (Å²) < 4.78 is 0. The summed E-state index contributed by atoms with van der Waals surface area (Å²) in [7, 11) is 0. The molecule has 0 heterocycles. The van der Waals surface area contributed by atoms with Gasteiger partial charge in [-0.25, -0.2) is 0 Å². The van der Waals surface area contributed by atoms with Crippen LogP contribution in [-0.4, -0.2) is 64.5 Å². The summed E-state index contributed by atoms with van der Waals surface area (Å²) >= 11 is 1.60. The lowest BCUT2D eigenvalue weighted by Crippen LogP contribution is -2.37. The van der Waals surface area contributed by atoms with E-state index in [2.05, 4.69) is 5.32 Å². The highest BCUT2D eigenvalue weighted by Gasteiger charge is 2.14. The van der Waals surface area contributed by atoms with Crippen LogP contribution in [0.1, 0.15) is 26.2 Å². The summed E-state index contributed by atoms with van der Waals surface area (Å²) in [5, 5.41) is 28.1. The number of nitrogens with one attached hydrogen (secondary N) is 1. The molecule has 0 rings (SSSR count). The largest absolute Gasteiger partial charge is 0.480 e. The first-order valence-electron chi connectivity index (χ1n) is 6.45. The molecular weight excluding hydrogens is 284 g/mol. The van der Waals surface area contributed by atoms with Crippen molar-refractivity contribution in [3.8, 4) is 0 Å². The maximum Gasteiger partial charge on any atom is 0.320 e. The Labute approximate surface area is 123 Å². The van der Waals surface area contributed by atoms with Gasteiger partial charge in [0.25, 0.3) is 0 Å². The fourth-order valence-electron chi connectivity index (χ4n) is 1.13. The van der Waals surface area contributed by atoms with Crippen LogP contribution in [0.15, 0.2) is 0 Å². The number of aliphatic carboxylic acids is 2. The van der Waals surface area contributed by atoms with E-state index in [0.717, 1.165) is 12.2 Å². The van der Waals surface area contributed by atoms with Crippen molar-refractivity contribution in [1.82, 2.24) is 5.32 Å². The zero-order valence-electron chi connectivity index (χ0n) is 12.0. The molecule has 120 valence electrons. The van der Waals surface area contributed by atoms with Crippen LogP contribution in [0.2, 0.25) is 0 Å². The second-order valence-corrected chi connectivity index (χ2v) is 5.07. The topological polar surface area (TPSA) is 133 Å². The molecule has 2 atom stereocenters. The monoisotopic (exact) mass is 310 g/mol. The Morgan fingerprint density at radius 2 is 1.85 bits per heavy atom. The molecule has 0 radical (unpaired) electrons. The van der Waals surface area contributed by atoms with Crippen molar-refractivity contribution in [3.63, 3.8) is 0 Å². The molecule has 8 heteroatoms. The molecule has 20 heavy (non-hydrogen) atoms. The van der Waals surface area contributed by atoms with Gasteiger partial charge >= 0.3 is 11.9 Å². The predicted molar refractivity (Wildman–Crippen MR) is 80.0 cm³/mol. The zero-order valence-corrected chi connectivity index (χ0v) is 12.9. The first-order chi connectivity index (χ1) is 9.40. The number of rotatable bonds is 10. The molecule has 0 aromatic rings. The van der Waals surface area contributed by atoms with Crippen molar-refractivity contribution >= 4 is 23.7 Å². The number of nitrogens with two attached hydrogens (primary N) is 1.